The zero-order chi connectivity index (χ0) is 18.5. The summed E-state index contributed by atoms with van der Waals surface area (Å²) in [5, 5.41) is 8.98. The maximum Gasteiger partial charge on any atom is 0.305 e. The number of rotatable bonds is 7. The van der Waals surface area contributed by atoms with Gasteiger partial charge in [0.25, 0.3) is 5.91 Å². The summed E-state index contributed by atoms with van der Waals surface area (Å²) in [6, 6.07) is 5.49. The molecule has 1 amide bonds. The van der Waals surface area contributed by atoms with Crippen LogP contribution in [0.15, 0.2) is 23.8 Å². The number of ether oxygens (including phenoxy) is 3. The van der Waals surface area contributed by atoms with E-state index >= 15 is 0 Å². The Morgan fingerprint density at radius 3 is 2.92 bits per heavy atom. The number of amides is 1. The van der Waals surface area contributed by atoms with Gasteiger partial charge in [-0.05, 0) is 25.0 Å². The van der Waals surface area contributed by atoms with Gasteiger partial charge in [0, 0.05) is 25.3 Å². The van der Waals surface area contributed by atoms with E-state index in [4.69, 9.17) is 19.3 Å². The third-order valence-corrected chi connectivity index (χ3v) is 4.54. The van der Waals surface area contributed by atoms with E-state index in [1.165, 1.54) is 0 Å². The van der Waals surface area contributed by atoms with Gasteiger partial charge in [0.15, 0.2) is 11.5 Å². The lowest BCUT2D eigenvalue weighted by atomic mass is 10.1. The highest BCUT2D eigenvalue weighted by molar-refractivity contribution is 5.99. The van der Waals surface area contributed by atoms with E-state index in [0.717, 1.165) is 18.4 Å². The molecule has 26 heavy (non-hydrogen) atoms. The van der Waals surface area contributed by atoms with Gasteiger partial charge in [0.05, 0.1) is 25.2 Å². The molecule has 1 atom stereocenters. The second kappa shape index (κ2) is 8.23. The Morgan fingerprint density at radius 1 is 1.38 bits per heavy atom. The molecule has 1 unspecified atom stereocenters. The molecule has 1 fully saturated rings. The minimum absolute atomic E-state index is 0.0368. The van der Waals surface area contributed by atoms with Crippen LogP contribution in [0, 0.1) is 0 Å². The Bertz CT molecular complexity index is 708. The maximum absolute atomic E-state index is 13.0. The number of hydrogen-bond donors (Lipinski definition) is 1. The van der Waals surface area contributed by atoms with E-state index in [-0.39, 0.29) is 31.6 Å². The molecule has 7 nitrogen and oxygen atoms in total. The van der Waals surface area contributed by atoms with Gasteiger partial charge in [-0.25, -0.2) is 0 Å². The standard InChI is InChI=1S/C19H23NO6/c1-24-16-6-2-4-13-10-14(12-26-18(13)16)19(23)20(8-7-17(21)22)11-15-5-3-9-25-15/h2,4,6,10,15H,3,5,7-9,11-12H2,1H3,(H,21,22). The molecule has 2 aliphatic heterocycles. The molecule has 0 bridgehead atoms. The molecule has 140 valence electrons. The second-order valence-corrected chi connectivity index (χ2v) is 6.37. The minimum Gasteiger partial charge on any atom is -0.493 e. The molecular formula is C19H23NO6. The van der Waals surface area contributed by atoms with Gasteiger partial charge < -0.3 is 24.2 Å². The Balaban J connectivity index is 1.78. The normalized spacial score (nSPS) is 18.5. The van der Waals surface area contributed by atoms with E-state index in [1.54, 1.807) is 24.2 Å². The molecule has 1 aromatic rings. The summed E-state index contributed by atoms with van der Waals surface area (Å²) < 4.78 is 16.6. The van der Waals surface area contributed by atoms with Crippen LogP contribution in [0.1, 0.15) is 24.8 Å². The largest absolute Gasteiger partial charge is 0.493 e. The van der Waals surface area contributed by atoms with Gasteiger partial charge in [-0.15, -0.1) is 0 Å². The van der Waals surface area contributed by atoms with Gasteiger partial charge in [-0.3, -0.25) is 9.59 Å². The lowest BCUT2D eigenvalue weighted by Crippen LogP contribution is -2.40. The van der Waals surface area contributed by atoms with Crippen molar-refractivity contribution in [3.8, 4) is 11.5 Å². The van der Waals surface area contributed by atoms with Crippen LogP contribution in [-0.4, -0.2) is 61.4 Å². The summed E-state index contributed by atoms with van der Waals surface area (Å²) in [5.41, 5.74) is 1.27. The Labute approximate surface area is 152 Å². The molecule has 2 heterocycles. The fourth-order valence-electron chi connectivity index (χ4n) is 3.21. The minimum atomic E-state index is -0.931. The van der Waals surface area contributed by atoms with Crippen LogP contribution >= 0.6 is 0 Å². The van der Waals surface area contributed by atoms with Crippen molar-refractivity contribution in [3.63, 3.8) is 0 Å². The van der Waals surface area contributed by atoms with Crippen LogP contribution in [0.5, 0.6) is 11.5 Å². The average Bonchev–Trinajstić information content (AvgIpc) is 3.16. The molecular weight excluding hydrogens is 338 g/mol. The van der Waals surface area contributed by atoms with Crippen molar-refractivity contribution in [3.05, 3.63) is 29.3 Å². The molecule has 1 saturated heterocycles. The van der Waals surface area contributed by atoms with Crippen LogP contribution in [0.2, 0.25) is 0 Å². The highest BCUT2D eigenvalue weighted by Gasteiger charge is 2.27. The number of benzene rings is 1. The van der Waals surface area contributed by atoms with E-state index in [0.29, 0.717) is 30.2 Å². The molecule has 0 saturated carbocycles. The molecule has 7 heteroatoms. The van der Waals surface area contributed by atoms with Crippen LogP contribution < -0.4 is 9.47 Å². The van der Waals surface area contributed by atoms with Crippen molar-refractivity contribution in [2.75, 3.05) is 33.4 Å². The average molecular weight is 361 g/mol. The Morgan fingerprint density at radius 2 is 2.23 bits per heavy atom. The first-order valence-corrected chi connectivity index (χ1v) is 8.71. The molecule has 1 aromatic carbocycles. The molecule has 0 aromatic heterocycles. The summed E-state index contributed by atoms with van der Waals surface area (Å²) >= 11 is 0. The zero-order valence-electron chi connectivity index (χ0n) is 14.8. The van der Waals surface area contributed by atoms with Crippen molar-refractivity contribution in [1.29, 1.82) is 0 Å². The smallest absolute Gasteiger partial charge is 0.305 e. The Kier molecular flexibility index (Phi) is 5.78. The third kappa shape index (κ3) is 4.16. The molecule has 0 spiro atoms. The van der Waals surface area contributed by atoms with E-state index in [9.17, 15) is 9.59 Å². The number of carbonyl (C=O) groups excluding carboxylic acids is 1. The highest BCUT2D eigenvalue weighted by Crippen LogP contribution is 2.35. The summed E-state index contributed by atoms with van der Waals surface area (Å²) in [7, 11) is 1.57. The predicted molar refractivity (Wildman–Crippen MR) is 94.3 cm³/mol. The summed E-state index contributed by atoms with van der Waals surface area (Å²) in [6.45, 7) is 1.36. The predicted octanol–water partition coefficient (Wildman–Crippen LogP) is 1.95. The van der Waals surface area contributed by atoms with Crippen LogP contribution in [0.3, 0.4) is 0 Å². The number of carboxylic acids is 1. The van der Waals surface area contributed by atoms with Gasteiger partial charge in [0.2, 0.25) is 0 Å². The number of fused-ring (bicyclic) bond motifs is 1. The number of aliphatic carboxylic acids is 1. The van der Waals surface area contributed by atoms with Crippen molar-refractivity contribution in [2.24, 2.45) is 0 Å². The summed E-state index contributed by atoms with van der Waals surface area (Å²) in [4.78, 5) is 25.5. The van der Waals surface area contributed by atoms with E-state index < -0.39 is 5.97 Å². The Hall–Kier alpha value is -2.54. The second-order valence-electron chi connectivity index (χ2n) is 6.37. The first-order chi connectivity index (χ1) is 12.6. The van der Waals surface area contributed by atoms with Crippen LogP contribution in [0.25, 0.3) is 6.08 Å². The lowest BCUT2D eigenvalue weighted by molar-refractivity contribution is -0.138. The van der Waals surface area contributed by atoms with E-state index in [2.05, 4.69) is 0 Å². The maximum atomic E-state index is 13.0. The number of nitrogens with zero attached hydrogens (tertiary/aromatic N) is 1. The van der Waals surface area contributed by atoms with E-state index in [1.807, 2.05) is 12.1 Å². The number of carboxylic acid groups (broad SMARTS) is 1. The molecule has 2 aliphatic rings. The van der Waals surface area contributed by atoms with Gasteiger partial charge in [-0.1, -0.05) is 12.1 Å². The fraction of sp³-hybridized carbons (Fsp3) is 0.474. The summed E-state index contributed by atoms with van der Waals surface area (Å²) in [6.07, 6.45) is 3.49. The monoisotopic (exact) mass is 361 g/mol. The lowest BCUT2D eigenvalue weighted by Gasteiger charge is -2.27. The SMILES string of the molecule is COc1cccc2c1OCC(C(=O)N(CCC(=O)O)CC1CCCO1)=C2. The third-order valence-electron chi connectivity index (χ3n) is 4.54. The van der Waals surface area contributed by atoms with Crippen LogP contribution in [-0.2, 0) is 14.3 Å². The van der Waals surface area contributed by atoms with Crippen LogP contribution in [0.4, 0.5) is 0 Å². The molecule has 3 rings (SSSR count). The number of para-hydroxylation sites is 1. The molecule has 0 radical (unpaired) electrons. The molecule has 1 N–H and O–H groups in total. The quantitative estimate of drug-likeness (QED) is 0.799. The van der Waals surface area contributed by atoms with Crippen molar-refractivity contribution in [1.82, 2.24) is 4.90 Å². The number of carbonyl (C=O) groups is 2. The first-order valence-electron chi connectivity index (χ1n) is 8.71. The van der Waals surface area contributed by atoms with Crippen molar-refractivity contribution in [2.45, 2.75) is 25.4 Å². The molecule has 0 aliphatic carbocycles. The number of hydrogen-bond acceptors (Lipinski definition) is 5. The van der Waals surface area contributed by atoms with Crippen molar-refractivity contribution >= 4 is 18.0 Å². The topological polar surface area (TPSA) is 85.3 Å². The highest BCUT2D eigenvalue weighted by atomic mass is 16.5. The van der Waals surface area contributed by atoms with Gasteiger partial charge in [0.1, 0.15) is 6.61 Å². The number of methoxy groups -OCH3 is 1. The zero-order valence-corrected chi connectivity index (χ0v) is 14.8. The van der Waals surface area contributed by atoms with Gasteiger partial charge >= 0.3 is 5.97 Å². The van der Waals surface area contributed by atoms with Gasteiger partial charge in [-0.2, -0.15) is 0 Å². The van der Waals surface area contributed by atoms with Crippen molar-refractivity contribution < 1.29 is 28.9 Å². The first kappa shape index (κ1) is 18.3. The summed E-state index contributed by atoms with van der Waals surface area (Å²) in [5.74, 6) is 0.0874. The fourth-order valence-corrected chi connectivity index (χ4v) is 3.21.